The van der Waals surface area contributed by atoms with Crippen LogP contribution >= 0.6 is 0 Å². The maximum absolute atomic E-state index is 14.5. The standard InChI is InChI=1S/C34H53N5O7/c1-8-12-24(28(40)31(43)36-16-10-3)37-30(42)27-25-23(34(25,6)7)18-39(27)32(44)26(38-33(45)46-19-20(4)5)21-13-11-14-22(17-21)29(41)35-15-9-2/h9-10,20-27H,2-3,8,11-19H2,1,4-7H3,(H,35,41)(H,36,43)(H,37,42)(H,38,45). The molecule has 0 aromatic carbocycles. The van der Waals surface area contributed by atoms with Crippen LogP contribution < -0.4 is 21.3 Å². The van der Waals surface area contributed by atoms with Crippen molar-refractivity contribution < 1.29 is 33.5 Å². The van der Waals surface area contributed by atoms with E-state index in [2.05, 4.69) is 48.3 Å². The van der Waals surface area contributed by atoms with Gasteiger partial charge in [0.15, 0.2) is 0 Å². The molecule has 7 unspecified atom stereocenters. The van der Waals surface area contributed by atoms with E-state index in [1.165, 1.54) is 11.0 Å². The van der Waals surface area contributed by atoms with Gasteiger partial charge in [-0.15, -0.1) is 13.2 Å². The van der Waals surface area contributed by atoms with Gasteiger partial charge in [0.05, 0.1) is 12.6 Å². The Hall–Kier alpha value is -3.70. The molecule has 1 saturated heterocycles. The number of likely N-dealkylation sites (tertiary alicyclic amines) is 1. The van der Waals surface area contributed by atoms with E-state index in [9.17, 15) is 28.8 Å². The second-order valence-corrected chi connectivity index (χ2v) is 13.9. The zero-order valence-corrected chi connectivity index (χ0v) is 28.1. The Bertz CT molecular complexity index is 1180. The molecule has 12 heteroatoms. The smallest absolute Gasteiger partial charge is 0.407 e. The SMILES string of the molecule is C=CCNC(=O)C(=O)C(CCC)NC(=O)C1C2C(CN1C(=O)C(NC(=O)OCC(C)C)C1CCCC(C(=O)NCC=C)C1)C2(C)C. The minimum Gasteiger partial charge on any atom is -0.449 e. The minimum atomic E-state index is -1.05. The first kappa shape index (κ1) is 36.8. The number of fused-ring (bicyclic) bond motifs is 1. The first-order chi connectivity index (χ1) is 21.8. The average molecular weight is 644 g/mol. The molecule has 1 aliphatic heterocycles. The fourth-order valence-corrected chi connectivity index (χ4v) is 7.09. The number of amides is 5. The Labute approximate surface area is 272 Å². The molecule has 3 aliphatic rings. The van der Waals surface area contributed by atoms with Crippen molar-refractivity contribution in [2.24, 2.45) is 35.0 Å². The van der Waals surface area contributed by atoms with Gasteiger partial charge in [-0.1, -0.05) is 59.6 Å². The molecule has 1 heterocycles. The van der Waals surface area contributed by atoms with Crippen LogP contribution in [0.25, 0.3) is 0 Å². The number of hydrogen-bond donors (Lipinski definition) is 4. The number of ketones is 1. The van der Waals surface area contributed by atoms with Crippen LogP contribution in [0.1, 0.15) is 73.1 Å². The Balaban J connectivity index is 1.87. The second kappa shape index (κ2) is 16.2. The zero-order chi connectivity index (χ0) is 34.2. The lowest BCUT2D eigenvalue weighted by molar-refractivity contribution is -0.145. The Morgan fingerprint density at radius 3 is 2.28 bits per heavy atom. The molecule has 4 N–H and O–H groups in total. The number of alkyl carbamates (subject to hydrolysis) is 1. The summed E-state index contributed by atoms with van der Waals surface area (Å²) in [4.78, 5) is 81.2. The fourth-order valence-electron chi connectivity index (χ4n) is 7.09. The molecule has 0 bridgehead atoms. The van der Waals surface area contributed by atoms with E-state index in [4.69, 9.17) is 4.74 Å². The number of hydrogen-bond acceptors (Lipinski definition) is 7. The lowest BCUT2D eigenvalue weighted by Crippen LogP contribution is -2.60. The monoisotopic (exact) mass is 643 g/mol. The van der Waals surface area contributed by atoms with Crippen LogP contribution in [0.5, 0.6) is 0 Å². The van der Waals surface area contributed by atoms with Crippen molar-refractivity contribution in [3.8, 4) is 0 Å². The number of carbonyl (C=O) groups is 6. The summed E-state index contributed by atoms with van der Waals surface area (Å²) >= 11 is 0. The number of nitrogens with zero attached hydrogens (tertiary/aromatic N) is 1. The predicted molar refractivity (Wildman–Crippen MR) is 173 cm³/mol. The quantitative estimate of drug-likeness (QED) is 0.148. The highest BCUT2D eigenvalue weighted by Crippen LogP contribution is 2.65. The molecule has 0 aromatic heterocycles. The first-order valence-corrected chi connectivity index (χ1v) is 16.6. The minimum absolute atomic E-state index is 0.0562. The predicted octanol–water partition coefficient (Wildman–Crippen LogP) is 2.49. The van der Waals surface area contributed by atoms with Gasteiger partial charge in [0, 0.05) is 25.6 Å². The van der Waals surface area contributed by atoms with Crippen molar-refractivity contribution >= 4 is 35.5 Å². The summed E-state index contributed by atoms with van der Waals surface area (Å²) in [5.74, 6) is -3.30. The van der Waals surface area contributed by atoms with Crippen molar-refractivity contribution in [1.82, 2.24) is 26.2 Å². The number of rotatable bonds is 16. The zero-order valence-electron chi connectivity index (χ0n) is 28.1. The van der Waals surface area contributed by atoms with Crippen LogP contribution in [0.2, 0.25) is 0 Å². The number of carbonyl (C=O) groups excluding carboxylic acids is 6. The van der Waals surface area contributed by atoms with Crippen molar-refractivity contribution in [2.45, 2.75) is 91.3 Å². The summed E-state index contributed by atoms with van der Waals surface area (Å²) in [5, 5.41) is 10.9. The highest BCUT2D eigenvalue weighted by molar-refractivity contribution is 6.38. The van der Waals surface area contributed by atoms with Gasteiger partial charge in [0.2, 0.25) is 23.5 Å². The summed E-state index contributed by atoms with van der Waals surface area (Å²) in [6, 6.07) is -2.95. The maximum atomic E-state index is 14.5. The van der Waals surface area contributed by atoms with Gasteiger partial charge in [0.25, 0.3) is 5.91 Å². The van der Waals surface area contributed by atoms with E-state index in [1.54, 1.807) is 6.08 Å². The van der Waals surface area contributed by atoms with Crippen LogP contribution in [0.3, 0.4) is 0 Å². The second-order valence-electron chi connectivity index (χ2n) is 13.9. The van der Waals surface area contributed by atoms with Crippen molar-refractivity contribution in [3.05, 3.63) is 25.3 Å². The van der Waals surface area contributed by atoms with Crippen LogP contribution in [0.15, 0.2) is 25.3 Å². The summed E-state index contributed by atoms with van der Waals surface area (Å²) in [6.45, 7) is 17.9. The van der Waals surface area contributed by atoms with Crippen molar-refractivity contribution in [1.29, 1.82) is 0 Å². The highest BCUT2D eigenvalue weighted by atomic mass is 16.5. The molecule has 2 saturated carbocycles. The van der Waals surface area contributed by atoms with E-state index in [0.29, 0.717) is 45.2 Å². The van der Waals surface area contributed by atoms with E-state index in [1.807, 2.05) is 20.8 Å². The van der Waals surface area contributed by atoms with Crippen LogP contribution in [0, 0.1) is 35.0 Å². The molecule has 256 valence electrons. The number of piperidine rings is 1. The van der Waals surface area contributed by atoms with Gasteiger partial charge in [-0.05, 0) is 54.8 Å². The van der Waals surface area contributed by atoms with Gasteiger partial charge in [-0.2, -0.15) is 0 Å². The molecular weight excluding hydrogens is 590 g/mol. The third-order valence-electron chi connectivity index (χ3n) is 9.67. The Morgan fingerprint density at radius 1 is 0.978 bits per heavy atom. The van der Waals surface area contributed by atoms with Gasteiger partial charge >= 0.3 is 6.09 Å². The van der Waals surface area contributed by atoms with Crippen LogP contribution in [-0.2, 0) is 28.7 Å². The molecule has 0 radical (unpaired) electrons. The Morgan fingerprint density at radius 2 is 1.65 bits per heavy atom. The molecule has 7 atom stereocenters. The fraction of sp³-hybridized carbons (Fsp3) is 0.706. The summed E-state index contributed by atoms with van der Waals surface area (Å²) in [6.07, 6.45) is 5.50. The lowest BCUT2D eigenvalue weighted by atomic mass is 9.76. The number of Topliss-reactive ketones (excluding diaryl/α,β-unsaturated/α-hetero) is 1. The van der Waals surface area contributed by atoms with Crippen LogP contribution in [0.4, 0.5) is 4.79 Å². The molecule has 46 heavy (non-hydrogen) atoms. The molecule has 2 aliphatic carbocycles. The normalized spacial score (nSPS) is 25.7. The molecule has 3 rings (SSSR count). The third-order valence-corrected chi connectivity index (χ3v) is 9.67. The molecule has 3 fully saturated rings. The van der Waals surface area contributed by atoms with E-state index in [-0.39, 0.29) is 60.5 Å². The van der Waals surface area contributed by atoms with Gasteiger partial charge in [-0.25, -0.2) is 4.79 Å². The molecule has 12 nitrogen and oxygen atoms in total. The molecule has 0 spiro atoms. The largest absolute Gasteiger partial charge is 0.449 e. The lowest BCUT2D eigenvalue weighted by Gasteiger charge is -2.38. The van der Waals surface area contributed by atoms with Gasteiger partial charge in [-0.3, -0.25) is 24.0 Å². The topological polar surface area (TPSA) is 163 Å². The average Bonchev–Trinajstić information content (AvgIpc) is 3.34. The Kier molecular flexibility index (Phi) is 13.0. The van der Waals surface area contributed by atoms with Crippen molar-refractivity contribution in [2.75, 3.05) is 26.2 Å². The third kappa shape index (κ3) is 8.76. The molecule has 5 amide bonds. The maximum Gasteiger partial charge on any atom is 0.407 e. The molecular formula is C34H53N5O7. The molecule has 0 aromatic rings. The summed E-state index contributed by atoms with van der Waals surface area (Å²) in [5.41, 5.74) is -0.206. The van der Waals surface area contributed by atoms with Gasteiger partial charge in [0.1, 0.15) is 12.1 Å². The first-order valence-electron chi connectivity index (χ1n) is 16.6. The van der Waals surface area contributed by atoms with E-state index >= 15 is 0 Å². The number of nitrogens with one attached hydrogen (secondary N) is 4. The van der Waals surface area contributed by atoms with Crippen LogP contribution in [-0.4, -0.2) is 84.8 Å². The van der Waals surface area contributed by atoms with E-state index in [0.717, 1.165) is 0 Å². The number of ether oxygens (including phenoxy) is 1. The summed E-state index contributed by atoms with van der Waals surface area (Å²) < 4.78 is 5.39. The van der Waals surface area contributed by atoms with Crippen molar-refractivity contribution in [3.63, 3.8) is 0 Å². The summed E-state index contributed by atoms with van der Waals surface area (Å²) in [7, 11) is 0. The highest BCUT2D eigenvalue weighted by Gasteiger charge is 2.69. The van der Waals surface area contributed by atoms with Gasteiger partial charge < -0.3 is 30.9 Å². The van der Waals surface area contributed by atoms with E-state index < -0.39 is 47.7 Å².